The predicted molar refractivity (Wildman–Crippen MR) is 78.6 cm³/mol. The standard InChI is InChI=1S/C15H16N2O2S/c1-10-16-14(9-20-10)12-4-2-11(3-5-12)6-15(19)17-7-13(18)8-17/h2-5,9,13,18H,6-8H2,1H3. The second-order valence-corrected chi connectivity index (χ2v) is 6.14. The molecule has 20 heavy (non-hydrogen) atoms. The van der Waals surface area contributed by atoms with Gasteiger partial charge in [-0.25, -0.2) is 4.98 Å². The summed E-state index contributed by atoms with van der Waals surface area (Å²) in [4.78, 5) is 18.0. The molecule has 1 aromatic heterocycles. The van der Waals surface area contributed by atoms with Crippen LogP contribution in [0.2, 0.25) is 0 Å². The van der Waals surface area contributed by atoms with E-state index in [1.54, 1.807) is 16.2 Å². The van der Waals surface area contributed by atoms with Crippen LogP contribution in [0.4, 0.5) is 0 Å². The molecule has 0 atom stereocenters. The smallest absolute Gasteiger partial charge is 0.227 e. The molecule has 1 amide bonds. The maximum Gasteiger partial charge on any atom is 0.227 e. The molecule has 4 nitrogen and oxygen atoms in total. The van der Waals surface area contributed by atoms with E-state index in [4.69, 9.17) is 0 Å². The number of thiazole rings is 1. The van der Waals surface area contributed by atoms with Gasteiger partial charge in [-0.05, 0) is 12.5 Å². The third-order valence-electron chi connectivity index (χ3n) is 3.44. The molecule has 2 heterocycles. The summed E-state index contributed by atoms with van der Waals surface area (Å²) in [6.07, 6.45) is 0.0533. The number of aliphatic hydroxyl groups is 1. The second kappa shape index (κ2) is 5.34. The number of aryl methyl sites for hydroxylation is 1. The highest BCUT2D eigenvalue weighted by Crippen LogP contribution is 2.22. The molecule has 0 aliphatic carbocycles. The SMILES string of the molecule is Cc1nc(-c2ccc(CC(=O)N3CC(O)C3)cc2)cs1. The molecule has 0 unspecified atom stereocenters. The maximum atomic E-state index is 11.9. The van der Waals surface area contributed by atoms with Crippen molar-refractivity contribution >= 4 is 17.2 Å². The highest BCUT2D eigenvalue weighted by atomic mass is 32.1. The van der Waals surface area contributed by atoms with E-state index in [0.29, 0.717) is 19.5 Å². The molecule has 2 aromatic rings. The lowest BCUT2D eigenvalue weighted by Crippen LogP contribution is -2.53. The molecule has 0 bridgehead atoms. The topological polar surface area (TPSA) is 53.4 Å². The van der Waals surface area contributed by atoms with Crippen molar-refractivity contribution in [3.05, 3.63) is 40.2 Å². The lowest BCUT2D eigenvalue weighted by atomic mass is 10.1. The molecule has 1 aliphatic heterocycles. The zero-order valence-corrected chi connectivity index (χ0v) is 12.1. The highest BCUT2D eigenvalue weighted by Gasteiger charge is 2.28. The van der Waals surface area contributed by atoms with Crippen LogP contribution in [0, 0.1) is 6.92 Å². The minimum absolute atomic E-state index is 0.0764. The van der Waals surface area contributed by atoms with Crippen LogP contribution in [-0.2, 0) is 11.2 Å². The molecule has 1 aromatic carbocycles. The number of likely N-dealkylation sites (tertiary alicyclic amines) is 1. The molecule has 0 radical (unpaired) electrons. The third kappa shape index (κ3) is 2.73. The molecule has 5 heteroatoms. The van der Waals surface area contributed by atoms with Crippen LogP contribution < -0.4 is 0 Å². The van der Waals surface area contributed by atoms with E-state index in [9.17, 15) is 9.90 Å². The molecular weight excluding hydrogens is 272 g/mol. The Labute approximate surface area is 121 Å². The summed E-state index contributed by atoms with van der Waals surface area (Å²) < 4.78 is 0. The molecule has 1 N–H and O–H groups in total. The van der Waals surface area contributed by atoms with Crippen molar-refractivity contribution < 1.29 is 9.90 Å². The Hall–Kier alpha value is -1.72. The van der Waals surface area contributed by atoms with Crippen LogP contribution in [0.1, 0.15) is 10.6 Å². The van der Waals surface area contributed by atoms with Crippen molar-refractivity contribution in [1.82, 2.24) is 9.88 Å². The molecule has 1 aliphatic rings. The summed E-state index contributed by atoms with van der Waals surface area (Å²) in [5, 5.41) is 12.3. The number of hydrogen-bond donors (Lipinski definition) is 1. The number of aliphatic hydroxyl groups excluding tert-OH is 1. The summed E-state index contributed by atoms with van der Waals surface area (Å²) >= 11 is 1.63. The Bertz CT molecular complexity index is 615. The summed E-state index contributed by atoms with van der Waals surface area (Å²) in [6.45, 7) is 2.92. The Balaban J connectivity index is 1.65. The van der Waals surface area contributed by atoms with Gasteiger partial charge in [-0.2, -0.15) is 0 Å². The van der Waals surface area contributed by atoms with E-state index < -0.39 is 0 Å². The van der Waals surface area contributed by atoms with Gasteiger partial charge in [0.05, 0.1) is 23.2 Å². The zero-order chi connectivity index (χ0) is 14.1. The quantitative estimate of drug-likeness (QED) is 0.938. The fraction of sp³-hybridized carbons (Fsp3) is 0.333. The molecular formula is C15H16N2O2S. The maximum absolute atomic E-state index is 11.9. The first-order valence-corrected chi connectivity index (χ1v) is 7.47. The van der Waals surface area contributed by atoms with Gasteiger partial charge in [0.15, 0.2) is 0 Å². The number of aromatic nitrogens is 1. The van der Waals surface area contributed by atoms with Gasteiger partial charge in [-0.1, -0.05) is 24.3 Å². The number of carbonyl (C=O) groups is 1. The minimum Gasteiger partial charge on any atom is -0.389 e. The van der Waals surface area contributed by atoms with Crippen LogP contribution in [-0.4, -0.2) is 40.1 Å². The monoisotopic (exact) mass is 288 g/mol. The molecule has 1 saturated heterocycles. The number of β-amino-alcohol motifs (C(OH)–C–C–N with tert-alkyl or cyclic N) is 1. The van der Waals surface area contributed by atoms with Crippen LogP contribution in [0.15, 0.2) is 29.6 Å². The van der Waals surface area contributed by atoms with E-state index in [0.717, 1.165) is 21.8 Å². The number of rotatable bonds is 3. The van der Waals surface area contributed by atoms with Crippen molar-refractivity contribution in [1.29, 1.82) is 0 Å². The van der Waals surface area contributed by atoms with Crippen LogP contribution in [0.5, 0.6) is 0 Å². The van der Waals surface area contributed by atoms with Gasteiger partial charge in [-0.3, -0.25) is 4.79 Å². The van der Waals surface area contributed by atoms with Gasteiger partial charge in [0.2, 0.25) is 5.91 Å². The number of amides is 1. The molecule has 3 rings (SSSR count). The van der Waals surface area contributed by atoms with Crippen molar-refractivity contribution in [2.45, 2.75) is 19.4 Å². The minimum atomic E-state index is -0.339. The number of carbonyl (C=O) groups excluding carboxylic acids is 1. The summed E-state index contributed by atoms with van der Waals surface area (Å²) in [7, 11) is 0. The van der Waals surface area contributed by atoms with Crippen LogP contribution >= 0.6 is 11.3 Å². The Kier molecular flexibility index (Phi) is 3.54. The first-order valence-electron chi connectivity index (χ1n) is 6.59. The van der Waals surface area contributed by atoms with E-state index in [1.807, 2.05) is 36.6 Å². The lowest BCUT2D eigenvalue weighted by Gasteiger charge is -2.35. The van der Waals surface area contributed by atoms with Crippen molar-refractivity contribution in [2.75, 3.05) is 13.1 Å². The van der Waals surface area contributed by atoms with E-state index in [-0.39, 0.29) is 12.0 Å². The summed E-state index contributed by atoms with van der Waals surface area (Å²) in [5.41, 5.74) is 3.05. The van der Waals surface area contributed by atoms with Gasteiger partial charge in [-0.15, -0.1) is 11.3 Å². The van der Waals surface area contributed by atoms with E-state index >= 15 is 0 Å². The first kappa shape index (κ1) is 13.3. The normalized spacial score (nSPS) is 15.2. The Morgan fingerprint density at radius 3 is 2.65 bits per heavy atom. The Morgan fingerprint density at radius 1 is 1.40 bits per heavy atom. The van der Waals surface area contributed by atoms with Crippen LogP contribution in [0.3, 0.4) is 0 Å². The zero-order valence-electron chi connectivity index (χ0n) is 11.2. The van der Waals surface area contributed by atoms with Gasteiger partial charge < -0.3 is 10.0 Å². The summed E-state index contributed by atoms with van der Waals surface area (Å²) in [5.74, 6) is 0.0764. The Morgan fingerprint density at radius 2 is 2.10 bits per heavy atom. The van der Waals surface area contributed by atoms with Gasteiger partial charge in [0, 0.05) is 24.0 Å². The van der Waals surface area contributed by atoms with Crippen molar-refractivity contribution in [3.63, 3.8) is 0 Å². The predicted octanol–water partition coefficient (Wildman–Crippen LogP) is 1.86. The highest BCUT2D eigenvalue weighted by molar-refractivity contribution is 7.09. The second-order valence-electron chi connectivity index (χ2n) is 5.08. The van der Waals surface area contributed by atoms with Crippen molar-refractivity contribution in [2.24, 2.45) is 0 Å². The fourth-order valence-corrected chi connectivity index (χ4v) is 2.86. The number of hydrogen-bond acceptors (Lipinski definition) is 4. The number of nitrogens with zero attached hydrogens (tertiary/aromatic N) is 2. The van der Waals surface area contributed by atoms with E-state index in [2.05, 4.69) is 4.98 Å². The van der Waals surface area contributed by atoms with Gasteiger partial charge >= 0.3 is 0 Å². The third-order valence-corrected chi connectivity index (χ3v) is 4.21. The largest absolute Gasteiger partial charge is 0.389 e. The average Bonchev–Trinajstić information content (AvgIpc) is 2.82. The van der Waals surface area contributed by atoms with Gasteiger partial charge in [0.25, 0.3) is 0 Å². The molecule has 104 valence electrons. The van der Waals surface area contributed by atoms with Gasteiger partial charge in [0.1, 0.15) is 0 Å². The number of benzene rings is 1. The summed E-state index contributed by atoms with van der Waals surface area (Å²) in [6, 6.07) is 7.94. The average molecular weight is 288 g/mol. The van der Waals surface area contributed by atoms with Crippen molar-refractivity contribution in [3.8, 4) is 11.3 Å². The fourth-order valence-electron chi connectivity index (χ4n) is 2.23. The van der Waals surface area contributed by atoms with Crippen LogP contribution in [0.25, 0.3) is 11.3 Å². The molecule has 0 spiro atoms. The first-order chi connectivity index (χ1) is 9.61. The lowest BCUT2D eigenvalue weighted by molar-refractivity contribution is -0.140. The molecule has 1 fully saturated rings. The van der Waals surface area contributed by atoms with E-state index in [1.165, 1.54) is 0 Å². The molecule has 0 saturated carbocycles.